The van der Waals surface area contributed by atoms with Crippen LogP contribution in [0.25, 0.3) is 0 Å². The molecule has 6 heteroatoms. The predicted octanol–water partition coefficient (Wildman–Crippen LogP) is 3.39. The molecule has 1 heterocycles. The van der Waals surface area contributed by atoms with Crippen molar-refractivity contribution in [1.29, 1.82) is 0 Å². The first-order valence-corrected chi connectivity index (χ1v) is 8.87. The molecule has 2 unspecified atom stereocenters. The summed E-state index contributed by atoms with van der Waals surface area (Å²) in [6.45, 7) is 2.62. The zero-order chi connectivity index (χ0) is 14.5. The highest BCUT2D eigenvalue weighted by Crippen LogP contribution is 2.29. The van der Waals surface area contributed by atoms with Crippen LogP contribution < -0.4 is 10.9 Å². The third-order valence-corrected chi connectivity index (χ3v) is 5.20. The van der Waals surface area contributed by atoms with Gasteiger partial charge in [-0.3, -0.25) is 4.79 Å². The third kappa shape index (κ3) is 3.70. The first-order chi connectivity index (χ1) is 9.65. The van der Waals surface area contributed by atoms with Crippen molar-refractivity contribution in [3.8, 4) is 0 Å². The van der Waals surface area contributed by atoms with Gasteiger partial charge in [-0.05, 0) is 31.9 Å². The van der Waals surface area contributed by atoms with E-state index in [-0.39, 0.29) is 10.6 Å². The lowest BCUT2D eigenvalue weighted by Crippen LogP contribution is -2.30. The van der Waals surface area contributed by atoms with Gasteiger partial charge in [-0.25, -0.2) is 4.68 Å². The molecule has 0 aromatic carbocycles. The SMILES string of the molecule is CCCn1ncc(NC2CCCC(SC)C2)c(Cl)c1=O. The van der Waals surface area contributed by atoms with E-state index in [2.05, 4.69) is 16.7 Å². The number of hydrogen-bond donors (Lipinski definition) is 1. The third-order valence-electron chi connectivity index (χ3n) is 3.74. The van der Waals surface area contributed by atoms with Gasteiger partial charge in [0, 0.05) is 17.8 Å². The molecule has 0 radical (unpaired) electrons. The number of aryl methyl sites for hydroxylation is 1. The first kappa shape index (κ1) is 15.7. The van der Waals surface area contributed by atoms with Gasteiger partial charge in [0.2, 0.25) is 0 Å². The normalized spacial score (nSPS) is 22.8. The maximum atomic E-state index is 12.1. The Balaban J connectivity index is 2.10. The fraction of sp³-hybridized carbons (Fsp3) is 0.714. The molecule has 0 spiro atoms. The minimum atomic E-state index is -0.198. The highest BCUT2D eigenvalue weighted by Gasteiger charge is 2.22. The monoisotopic (exact) mass is 315 g/mol. The highest BCUT2D eigenvalue weighted by molar-refractivity contribution is 7.99. The molecule has 1 N–H and O–H groups in total. The number of halogens is 1. The smallest absolute Gasteiger partial charge is 0.287 e. The molecule has 20 heavy (non-hydrogen) atoms. The molecule has 1 aromatic heterocycles. The molecule has 1 aliphatic carbocycles. The second kappa shape index (κ2) is 7.36. The molecule has 1 saturated carbocycles. The Morgan fingerprint density at radius 3 is 3.05 bits per heavy atom. The van der Waals surface area contributed by atoms with Crippen molar-refractivity contribution < 1.29 is 0 Å². The van der Waals surface area contributed by atoms with Gasteiger partial charge < -0.3 is 5.32 Å². The lowest BCUT2D eigenvalue weighted by Gasteiger charge is -2.29. The topological polar surface area (TPSA) is 46.9 Å². The van der Waals surface area contributed by atoms with Crippen LogP contribution in [0.4, 0.5) is 5.69 Å². The second-order valence-corrected chi connectivity index (χ2v) is 6.78. The van der Waals surface area contributed by atoms with Gasteiger partial charge in [-0.2, -0.15) is 16.9 Å². The maximum Gasteiger partial charge on any atom is 0.287 e. The van der Waals surface area contributed by atoms with Gasteiger partial charge in [0.15, 0.2) is 0 Å². The van der Waals surface area contributed by atoms with E-state index in [1.165, 1.54) is 17.5 Å². The zero-order valence-electron chi connectivity index (χ0n) is 12.1. The molecule has 2 atom stereocenters. The van der Waals surface area contributed by atoms with Crippen molar-refractivity contribution in [2.24, 2.45) is 0 Å². The number of nitrogens with one attached hydrogen (secondary N) is 1. The first-order valence-electron chi connectivity index (χ1n) is 7.20. The molecule has 1 aromatic rings. The van der Waals surface area contributed by atoms with Gasteiger partial charge in [0.25, 0.3) is 5.56 Å². The van der Waals surface area contributed by atoms with Crippen LogP contribution in [-0.2, 0) is 6.54 Å². The standard InChI is InChI=1S/C14H22ClN3OS/c1-3-7-18-14(19)13(15)12(9-16-18)17-10-5-4-6-11(8-10)20-2/h9-11,17H,3-8H2,1-2H3. The van der Waals surface area contributed by atoms with Crippen molar-refractivity contribution in [2.75, 3.05) is 11.6 Å². The summed E-state index contributed by atoms with van der Waals surface area (Å²) in [4.78, 5) is 12.1. The fourth-order valence-corrected chi connectivity index (χ4v) is 3.67. The number of thioether (sulfide) groups is 1. The van der Waals surface area contributed by atoms with Crippen molar-refractivity contribution in [3.05, 3.63) is 21.6 Å². The van der Waals surface area contributed by atoms with E-state index in [1.54, 1.807) is 6.20 Å². The fourth-order valence-electron chi connectivity index (χ4n) is 2.65. The molecule has 1 aliphatic rings. The van der Waals surface area contributed by atoms with Crippen LogP contribution in [0.1, 0.15) is 39.0 Å². The number of rotatable bonds is 5. The van der Waals surface area contributed by atoms with Crippen molar-refractivity contribution >= 4 is 29.1 Å². The summed E-state index contributed by atoms with van der Waals surface area (Å²) in [5, 5.41) is 8.55. The minimum absolute atomic E-state index is 0.198. The molecule has 2 rings (SSSR count). The van der Waals surface area contributed by atoms with Gasteiger partial charge in [-0.15, -0.1) is 0 Å². The summed E-state index contributed by atoms with van der Waals surface area (Å²) in [7, 11) is 0. The van der Waals surface area contributed by atoms with E-state index in [9.17, 15) is 4.79 Å². The van der Waals surface area contributed by atoms with Gasteiger partial charge in [0.05, 0.1) is 11.9 Å². The molecule has 1 fully saturated rings. The Bertz CT molecular complexity index is 506. The summed E-state index contributed by atoms with van der Waals surface area (Å²) in [6.07, 6.45) is 9.47. The van der Waals surface area contributed by atoms with E-state index < -0.39 is 0 Å². The van der Waals surface area contributed by atoms with Crippen LogP contribution in [0.2, 0.25) is 5.02 Å². The van der Waals surface area contributed by atoms with Gasteiger partial charge in [-0.1, -0.05) is 24.9 Å². The van der Waals surface area contributed by atoms with Crippen LogP contribution in [-0.4, -0.2) is 27.3 Å². The summed E-state index contributed by atoms with van der Waals surface area (Å²) >= 11 is 8.10. The number of anilines is 1. The van der Waals surface area contributed by atoms with E-state index in [1.807, 2.05) is 18.7 Å². The lowest BCUT2D eigenvalue weighted by molar-refractivity contribution is 0.473. The Kier molecular flexibility index (Phi) is 5.78. The van der Waals surface area contributed by atoms with E-state index in [4.69, 9.17) is 11.6 Å². The molecule has 0 bridgehead atoms. The maximum absolute atomic E-state index is 12.1. The molecule has 4 nitrogen and oxygen atoms in total. The number of aromatic nitrogens is 2. The number of hydrogen-bond acceptors (Lipinski definition) is 4. The second-order valence-electron chi connectivity index (χ2n) is 5.27. The zero-order valence-corrected chi connectivity index (χ0v) is 13.6. The summed E-state index contributed by atoms with van der Waals surface area (Å²) in [5.74, 6) is 0. The summed E-state index contributed by atoms with van der Waals surface area (Å²) in [6, 6.07) is 0.391. The molecule has 0 saturated heterocycles. The Morgan fingerprint density at radius 2 is 2.35 bits per heavy atom. The largest absolute Gasteiger partial charge is 0.380 e. The predicted molar refractivity (Wildman–Crippen MR) is 87.0 cm³/mol. The Labute approximate surface area is 129 Å². The van der Waals surface area contributed by atoms with Crippen molar-refractivity contribution in [1.82, 2.24) is 9.78 Å². The molecule has 0 aliphatic heterocycles. The Morgan fingerprint density at radius 1 is 1.55 bits per heavy atom. The van der Waals surface area contributed by atoms with Crippen molar-refractivity contribution in [3.63, 3.8) is 0 Å². The van der Waals surface area contributed by atoms with Crippen molar-refractivity contribution in [2.45, 2.75) is 56.9 Å². The van der Waals surface area contributed by atoms with E-state index in [0.29, 0.717) is 23.5 Å². The quantitative estimate of drug-likeness (QED) is 0.904. The summed E-state index contributed by atoms with van der Waals surface area (Å²) < 4.78 is 1.43. The van der Waals surface area contributed by atoms with E-state index in [0.717, 1.165) is 19.3 Å². The minimum Gasteiger partial charge on any atom is -0.380 e. The summed E-state index contributed by atoms with van der Waals surface area (Å²) in [5.41, 5.74) is 0.478. The molecular weight excluding hydrogens is 294 g/mol. The molecule has 112 valence electrons. The van der Waals surface area contributed by atoms with Gasteiger partial charge >= 0.3 is 0 Å². The Hall–Kier alpha value is -0.680. The molecule has 0 amide bonds. The highest BCUT2D eigenvalue weighted by atomic mass is 35.5. The average molecular weight is 316 g/mol. The number of nitrogens with zero attached hydrogens (tertiary/aromatic N) is 2. The van der Waals surface area contributed by atoms with Crippen LogP contribution in [0.5, 0.6) is 0 Å². The van der Waals surface area contributed by atoms with Crippen LogP contribution in [0, 0.1) is 0 Å². The van der Waals surface area contributed by atoms with Crippen LogP contribution in [0.15, 0.2) is 11.0 Å². The van der Waals surface area contributed by atoms with Crippen LogP contribution in [0.3, 0.4) is 0 Å². The molecular formula is C14H22ClN3OS. The van der Waals surface area contributed by atoms with E-state index >= 15 is 0 Å². The lowest BCUT2D eigenvalue weighted by atomic mass is 9.95. The average Bonchev–Trinajstić information content (AvgIpc) is 2.47. The van der Waals surface area contributed by atoms with Gasteiger partial charge in [0.1, 0.15) is 5.02 Å². The van der Waals surface area contributed by atoms with Crippen LogP contribution >= 0.6 is 23.4 Å².